The predicted octanol–water partition coefficient (Wildman–Crippen LogP) is 5.63. The highest BCUT2D eigenvalue weighted by Gasteiger charge is 2.44. The highest BCUT2D eigenvalue weighted by atomic mass is 32.2. The summed E-state index contributed by atoms with van der Waals surface area (Å²) in [7, 11) is -5.84. The highest BCUT2D eigenvalue weighted by Crippen LogP contribution is 2.42. The van der Waals surface area contributed by atoms with E-state index >= 15 is 0 Å². The molecule has 9 heteroatoms. The van der Waals surface area contributed by atoms with E-state index in [1.165, 1.54) is 42.6 Å². The number of halogens is 3. The molecule has 0 bridgehead atoms. The second kappa shape index (κ2) is 10.9. The smallest absolute Gasteiger partial charge is 0.285 e. The third-order valence-corrected chi connectivity index (χ3v) is 7.23. The quantitative estimate of drug-likeness (QED) is 0.345. The average Bonchev–Trinajstić information content (AvgIpc) is 2.88. The molecule has 1 N–H and O–H groups in total. The van der Waals surface area contributed by atoms with E-state index in [0.29, 0.717) is 0 Å². The van der Waals surface area contributed by atoms with Crippen LogP contribution in [-0.4, -0.2) is 25.0 Å². The SMILES string of the molecule is C1=C(c2ccccc2)C=C(c2ccccc2)SC1=c1ccc2c(c1)CCCN=2.O=S(=O)(O)C(F)(F)F. The standard InChI is InChI=1S/C26H21NS.CHF3O3S/c1-3-8-19(9-4-1)23-17-25(20-10-5-2-6-11-20)28-26(18-23)22-13-14-24-21(16-22)12-7-15-27-24;2-1(3,4)8(5,6)7/h1-6,8-11,13-14,16-18H,7,12,15H2;(H,5,6,7). The Morgan fingerprint density at radius 2 is 1.47 bits per heavy atom. The molecule has 36 heavy (non-hydrogen) atoms. The summed E-state index contributed by atoms with van der Waals surface area (Å²) in [6.45, 7) is 0.955. The van der Waals surface area contributed by atoms with Crippen LogP contribution in [0.4, 0.5) is 13.2 Å². The maximum Gasteiger partial charge on any atom is 0.522 e. The number of alkyl halides is 3. The number of benzene rings is 3. The molecule has 0 atom stereocenters. The summed E-state index contributed by atoms with van der Waals surface area (Å²) in [4.78, 5) is 7.25. The van der Waals surface area contributed by atoms with Crippen molar-refractivity contribution in [1.29, 1.82) is 0 Å². The molecule has 0 amide bonds. The minimum atomic E-state index is -5.84. The van der Waals surface area contributed by atoms with Crippen molar-refractivity contribution in [3.05, 3.63) is 118 Å². The molecule has 0 fully saturated rings. The number of hydrogen-bond acceptors (Lipinski definition) is 4. The first kappa shape index (κ1) is 25.9. The predicted molar refractivity (Wildman–Crippen MR) is 138 cm³/mol. The first-order valence-electron chi connectivity index (χ1n) is 11.1. The van der Waals surface area contributed by atoms with Gasteiger partial charge in [0, 0.05) is 16.4 Å². The highest BCUT2D eigenvalue weighted by molar-refractivity contribution is 8.16. The number of hydrogen-bond donors (Lipinski definition) is 1. The van der Waals surface area contributed by atoms with Crippen molar-refractivity contribution in [2.75, 3.05) is 6.54 Å². The van der Waals surface area contributed by atoms with Gasteiger partial charge in [0.25, 0.3) is 0 Å². The van der Waals surface area contributed by atoms with Crippen LogP contribution < -0.4 is 10.6 Å². The molecular formula is C27H22F3NO3S2. The molecule has 0 saturated carbocycles. The third kappa shape index (κ3) is 6.34. The van der Waals surface area contributed by atoms with E-state index in [0.717, 1.165) is 19.4 Å². The van der Waals surface area contributed by atoms with Gasteiger partial charge in [-0.1, -0.05) is 78.5 Å². The van der Waals surface area contributed by atoms with Crippen molar-refractivity contribution in [3.8, 4) is 0 Å². The monoisotopic (exact) mass is 529 g/mol. The molecular weight excluding hydrogens is 507 g/mol. The van der Waals surface area contributed by atoms with Gasteiger partial charge in [-0.25, -0.2) is 0 Å². The Kier molecular flexibility index (Phi) is 7.82. The molecule has 0 aromatic heterocycles. The summed E-state index contributed by atoms with van der Waals surface area (Å²) in [6.07, 6.45) is 6.92. The number of allylic oxidation sites excluding steroid dienone is 2. The summed E-state index contributed by atoms with van der Waals surface area (Å²) in [5.74, 6) is 0. The van der Waals surface area contributed by atoms with Crippen LogP contribution in [0.3, 0.4) is 0 Å². The van der Waals surface area contributed by atoms with Crippen molar-refractivity contribution >= 4 is 37.3 Å². The van der Waals surface area contributed by atoms with Crippen LogP contribution in [0.25, 0.3) is 15.4 Å². The first-order valence-corrected chi connectivity index (χ1v) is 13.3. The van der Waals surface area contributed by atoms with E-state index in [4.69, 9.17) is 13.0 Å². The van der Waals surface area contributed by atoms with Crippen molar-refractivity contribution in [1.82, 2.24) is 0 Å². The van der Waals surface area contributed by atoms with Crippen molar-refractivity contribution in [2.24, 2.45) is 4.99 Å². The lowest BCUT2D eigenvalue weighted by atomic mass is 10.0. The van der Waals surface area contributed by atoms with Crippen LogP contribution in [0.1, 0.15) is 23.1 Å². The Hall–Kier alpha value is -3.14. The molecule has 186 valence electrons. The van der Waals surface area contributed by atoms with Crippen molar-refractivity contribution < 1.29 is 26.1 Å². The van der Waals surface area contributed by atoms with Gasteiger partial charge < -0.3 is 0 Å². The van der Waals surface area contributed by atoms with Crippen LogP contribution in [0, 0.1) is 0 Å². The van der Waals surface area contributed by atoms with Crippen LogP contribution >= 0.6 is 11.8 Å². The van der Waals surface area contributed by atoms with Gasteiger partial charge in [-0.05, 0) is 64.6 Å². The number of nitrogens with zero attached hydrogens (tertiary/aromatic N) is 1. The molecule has 5 rings (SSSR count). The summed E-state index contributed by atoms with van der Waals surface area (Å²) in [5.41, 5.74) is -0.383. The summed E-state index contributed by atoms with van der Waals surface area (Å²) in [6, 6.07) is 28.1. The molecule has 2 aliphatic rings. The van der Waals surface area contributed by atoms with E-state index in [2.05, 4.69) is 96.0 Å². The normalized spacial score (nSPS) is 17.0. The van der Waals surface area contributed by atoms with Gasteiger partial charge in [0.05, 0.1) is 5.36 Å². The molecule has 0 radical (unpaired) electrons. The molecule has 2 heterocycles. The molecule has 0 spiro atoms. The van der Waals surface area contributed by atoms with E-state index in [1.54, 1.807) is 0 Å². The van der Waals surface area contributed by atoms with Gasteiger partial charge >= 0.3 is 15.6 Å². The zero-order valence-electron chi connectivity index (χ0n) is 18.9. The Morgan fingerprint density at radius 3 is 2.08 bits per heavy atom. The second-order valence-corrected chi connectivity index (χ2v) is 10.6. The molecule has 3 aromatic rings. The zero-order chi connectivity index (χ0) is 25.8. The van der Waals surface area contributed by atoms with Crippen molar-refractivity contribution in [2.45, 2.75) is 18.3 Å². The van der Waals surface area contributed by atoms with Crippen LogP contribution in [-0.2, 0) is 16.5 Å². The number of fused-ring (bicyclic) bond motifs is 1. The van der Waals surface area contributed by atoms with Gasteiger partial charge in [-0.3, -0.25) is 9.55 Å². The summed E-state index contributed by atoms with van der Waals surface area (Å²) in [5, 5.41) is 2.46. The fourth-order valence-electron chi connectivity index (χ4n) is 3.75. The minimum Gasteiger partial charge on any atom is -0.285 e. The third-order valence-electron chi connectivity index (χ3n) is 5.50. The van der Waals surface area contributed by atoms with Gasteiger partial charge in [0.2, 0.25) is 0 Å². The Labute approximate surface area is 211 Å². The fraction of sp³-hybridized carbons (Fsp3) is 0.148. The summed E-state index contributed by atoms with van der Waals surface area (Å²) < 4.78 is 57.5. The largest absolute Gasteiger partial charge is 0.522 e. The van der Waals surface area contributed by atoms with Gasteiger partial charge in [0.1, 0.15) is 0 Å². The van der Waals surface area contributed by atoms with Gasteiger partial charge in [-0.15, -0.1) is 0 Å². The molecule has 3 aromatic carbocycles. The maximum absolute atomic E-state index is 10.7. The van der Waals surface area contributed by atoms with Crippen LogP contribution in [0.15, 0.2) is 96.0 Å². The van der Waals surface area contributed by atoms with E-state index in [1.807, 2.05) is 11.8 Å². The lowest BCUT2D eigenvalue weighted by molar-refractivity contribution is -0.0510. The van der Waals surface area contributed by atoms with E-state index in [9.17, 15) is 13.2 Å². The zero-order valence-corrected chi connectivity index (χ0v) is 20.6. The molecule has 0 unspecified atom stereocenters. The van der Waals surface area contributed by atoms with Crippen molar-refractivity contribution in [3.63, 3.8) is 0 Å². The molecule has 2 aliphatic heterocycles. The lowest BCUT2D eigenvalue weighted by Crippen LogP contribution is -2.21. The van der Waals surface area contributed by atoms with Gasteiger partial charge in [0.15, 0.2) is 0 Å². The van der Waals surface area contributed by atoms with Gasteiger partial charge in [-0.2, -0.15) is 21.6 Å². The van der Waals surface area contributed by atoms with Crippen LogP contribution in [0.2, 0.25) is 0 Å². The van der Waals surface area contributed by atoms with E-state index in [-0.39, 0.29) is 0 Å². The Morgan fingerprint density at radius 1 is 0.861 bits per heavy atom. The fourth-order valence-corrected chi connectivity index (χ4v) is 4.86. The maximum atomic E-state index is 10.7. The number of thioether (sulfide) groups is 1. The second-order valence-electron chi connectivity index (χ2n) is 8.06. The molecule has 0 saturated heterocycles. The average molecular weight is 530 g/mol. The number of rotatable bonds is 2. The first-order chi connectivity index (χ1) is 17.1. The number of aryl methyl sites for hydroxylation is 1. The lowest BCUT2D eigenvalue weighted by Gasteiger charge is -2.17. The Balaban J connectivity index is 0.000000331. The Bertz CT molecular complexity index is 1530. The van der Waals surface area contributed by atoms with E-state index < -0.39 is 15.6 Å². The summed E-state index contributed by atoms with van der Waals surface area (Å²) >= 11 is 1.86. The molecule has 4 nitrogen and oxygen atoms in total. The molecule has 0 aliphatic carbocycles. The minimum absolute atomic E-state index is 0.955. The topological polar surface area (TPSA) is 66.7 Å². The van der Waals surface area contributed by atoms with Crippen LogP contribution in [0.5, 0.6) is 0 Å².